The Morgan fingerprint density at radius 3 is 1.23 bits per heavy atom. The number of carbonyl (C=O) groups is 2. The van der Waals surface area contributed by atoms with Crippen molar-refractivity contribution in [2.45, 2.75) is 315 Å². The molecule has 0 aliphatic heterocycles. The number of allylic oxidation sites excluding steroid dienone is 6. The van der Waals surface area contributed by atoms with Gasteiger partial charge in [-0.2, -0.15) is 0 Å². The molecule has 3 atom stereocenters. The number of hydrogen-bond acceptors (Lipinski definition) is 5. The molecule has 64 heavy (non-hydrogen) atoms. The van der Waals surface area contributed by atoms with E-state index in [-0.39, 0.29) is 24.9 Å². The first kappa shape index (κ1) is 62.1. The van der Waals surface area contributed by atoms with Gasteiger partial charge < -0.3 is 20.3 Å². The lowest BCUT2D eigenvalue weighted by Crippen LogP contribution is -2.46. The monoisotopic (exact) mass is 900 g/mol. The minimum Gasteiger partial charge on any atom is -0.462 e. The first-order valence-electron chi connectivity index (χ1n) is 28.2. The summed E-state index contributed by atoms with van der Waals surface area (Å²) in [6.45, 7) is 6.48. The molecule has 0 aliphatic rings. The Balaban J connectivity index is 4.56. The number of aliphatic hydroxyl groups excluding tert-OH is 2. The number of carbonyl (C=O) groups excluding carboxylic acids is 2. The summed E-state index contributed by atoms with van der Waals surface area (Å²) in [4.78, 5) is 26.2. The maximum atomic E-state index is 13.2. The number of unbranched alkanes of at least 4 members (excludes halogenated alkanes) is 34. The summed E-state index contributed by atoms with van der Waals surface area (Å²) >= 11 is 0. The Morgan fingerprint density at radius 2 is 0.812 bits per heavy atom. The highest BCUT2D eigenvalue weighted by Crippen LogP contribution is 2.18. The Morgan fingerprint density at radius 1 is 0.453 bits per heavy atom. The molecule has 0 aromatic rings. The molecule has 0 rings (SSSR count). The Hall–Kier alpha value is -1.92. The van der Waals surface area contributed by atoms with Crippen LogP contribution in [0.2, 0.25) is 0 Å². The SMILES string of the molecule is CCCCCCCC/C=C/CCCCCCCCCCCC(=O)OC(CCC/C=C/C=C/CCCCCCCCC)CC(=O)NC(CO)C(O)CCCCCCCCCCCCCC. The van der Waals surface area contributed by atoms with Crippen LogP contribution in [-0.4, -0.2) is 46.9 Å². The van der Waals surface area contributed by atoms with E-state index in [0.29, 0.717) is 19.3 Å². The number of ether oxygens (including phenoxy) is 1. The van der Waals surface area contributed by atoms with Gasteiger partial charge in [0.2, 0.25) is 5.91 Å². The number of hydrogen-bond donors (Lipinski definition) is 3. The van der Waals surface area contributed by atoms with Crippen molar-refractivity contribution in [2.75, 3.05) is 6.61 Å². The van der Waals surface area contributed by atoms with Crippen LogP contribution in [0.4, 0.5) is 0 Å². The average Bonchev–Trinajstić information content (AvgIpc) is 3.29. The third kappa shape index (κ3) is 46.6. The first-order chi connectivity index (χ1) is 31.5. The quantitative estimate of drug-likeness (QED) is 0.0245. The summed E-state index contributed by atoms with van der Waals surface area (Å²) in [5.74, 6) is -0.511. The largest absolute Gasteiger partial charge is 0.462 e. The molecule has 3 unspecified atom stereocenters. The van der Waals surface area contributed by atoms with Crippen molar-refractivity contribution in [1.82, 2.24) is 5.32 Å². The summed E-state index contributed by atoms with van der Waals surface area (Å²) in [5, 5.41) is 23.8. The molecule has 6 heteroatoms. The number of aliphatic hydroxyl groups is 2. The van der Waals surface area contributed by atoms with Crippen LogP contribution in [-0.2, 0) is 14.3 Å². The van der Waals surface area contributed by atoms with Crippen molar-refractivity contribution in [3.05, 3.63) is 36.5 Å². The Labute approximate surface area is 398 Å². The van der Waals surface area contributed by atoms with E-state index in [4.69, 9.17) is 4.74 Å². The van der Waals surface area contributed by atoms with Gasteiger partial charge in [-0.1, -0.05) is 250 Å². The zero-order valence-electron chi connectivity index (χ0n) is 42.9. The van der Waals surface area contributed by atoms with Crippen LogP contribution < -0.4 is 5.32 Å². The van der Waals surface area contributed by atoms with Gasteiger partial charge in [0.25, 0.3) is 0 Å². The summed E-state index contributed by atoms with van der Waals surface area (Å²) in [7, 11) is 0. The van der Waals surface area contributed by atoms with Gasteiger partial charge in [-0.15, -0.1) is 0 Å². The minimum absolute atomic E-state index is 0.0467. The van der Waals surface area contributed by atoms with Crippen LogP contribution in [0.1, 0.15) is 297 Å². The minimum atomic E-state index is -0.797. The van der Waals surface area contributed by atoms with E-state index in [0.717, 1.165) is 57.8 Å². The van der Waals surface area contributed by atoms with Gasteiger partial charge in [0.15, 0.2) is 0 Å². The molecule has 0 radical (unpaired) electrons. The fourth-order valence-electron chi connectivity index (χ4n) is 8.66. The lowest BCUT2D eigenvalue weighted by atomic mass is 10.0. The molecule has 0 saturated heterocycles. The maximum Gasteiger partial charge on any atom is 0.306 e. The van der Waals surface area contributed by atoms with Gasteiger partial charge in [-0.3, -0.25) is 9.59 Å². The zero-order chi connectivity index (χ0) is 46.7. The van der Waals surface area contributed by atoms with Crippen LogP contribution in [0.15, 0.2) is 36.5 Å². The molecule has 0 spiro atoms. The van der Waals surface area contributed by atoms with E-state index in [9.17, 15) is 19.8 Å². The molecule has 376 valence electrons. The van der Waals surface area contributed by atoms with Crippen LogP contribution in [0.3, 0.4) is 0 Å². The van der Waals surface area contributed by atoms with E-state index in [1.54, 1.807) is 0 Å². The van der Waals surface area contributed by atoms with Gasteiger partial charge in [0.1, 0.15) is 6.10 Å². The highest BCUT2D eigenvalue weighted by Gasteiger charge is 2.24. The standard InChI is InChI=1S/C58H109NO5/c1-4-7-10-13-16-19-22-25-27-28-29-30-31-33-36-39-42-45-48-51-58(63)64-54(49-46-43-40-37-34-32-26-23-20-17-14-11-8-5-2)52-57(62)59-55(53-60)56(61)50-47-44-41-38-35-24-21-18-15-12-9-6-3/h25,27,32,34,37,40,54-56,60-61H,4-24,26,28-31,33,35-36,38-39,41-53H2,1-3H3,(H,59,62)/b27-25+,34-32+,40-37+. The van der Waals surface area contributed by atoms with Crippen molar-refractivity contribution in [3.8, 4) is 0 Å². The van der Waals surface area contributed by atoms with Gasteiger partial charge >= 0.3 is 5.97 Å². The van der Waals surface area contributed by atoms with Gasteiger partial charge in [-0.25, -0.2) is 0 Å². The molecule has 1 amide bonds. The van der Waals surface area contributed by atoms with Crippen molar-refractivity contribution in [3.63, 3.8) is 0 Å². The van der Waals surface area contributed by atoms with Crippen molar-refractivity contribution in [2.24, 2.45) is 0 Å². The molecule has 0 heterocycles. The van der Waals surface area contributed by atoms with Gasteiger partial charge in [0, 0.05) is 6.42 Å². The lowest BCUT2D eigenvalue weighted by Gasteiger charge is -2.24. The van der Waals surface area contributed by atoms with Crippen LogP contribution in [0, 0.1) is 0 Å². The topological polar surface area (TPSA) is 95.9 Å². The molecule has 0 fully saturated rings. The molecule has 6 nitrogen and oxygen atoms in total. The normalized spacial score (nSPS) is 13.4. The average molecular weight is 901 g/mol. The highest BCUT2D eigenvalue weighted by atomic mass is 16.5. The van der Waals surface area contributed by atoms with E-state index in [2.05, 4.69) is 62.5 Å². The lowest BCUT2D eigenvalue weighted by molar-refractivity contribution is -0.151. The smallest absolute Gasteiger partial charge is 0.306 e. The van der Waals surface area contributed by atoms with E-state index in [1.165, 1.54) is 193 Å². The van der Waals surface area contributed by atoms with E-state index < -0.39 is 18.2 Å². The Bertz CT molecular complexity index is 1060. The predicted molar refractivity (Wildman–Crippen MR) is 278 cm³/mol. The molecule has 3 N–H and O–H groups in total. The zero-order valence-corrected chi connectivity index (χ0v) is 42.9. The fourth-order valence-corrected chi connectivity index (χ4v) is 8.66. The Kier molecular flexibility index (Phi) is 50.5. The number of nitrogens with one attached hydrogen (secondary N) is 1. The van der Waals surface area contributed by atoms with Gasteiger partial charge in [0.05, 0.1) is 25.2 Å². The number of rotatable bonds is 51. The van der Waals surface area contributed by atoms with E-state index >= 15 is 0 Å². The second-order valence-electron chi connectivity index (χ2n) is 19.4. The van der Waals surface area contributed by atoms with Gasteiger partial charge in [-0.05, 0) is 70.6 Å². The van der Waals surface area contributed by atoms with Crippen LogP contribution >= 0.6 is 0 Å². The highest BCUT2D eigenvalue weighted by molar-refractivity contribution is 5.77. The number of esters is 1. The van der Waals surface area contributed by atoms with Crippen molar-refractivity contribution < 1.29 is 24.5 Å². The molecule has 0 bridgehead atoms. The molecule has 0 saturated carbocycles. The second-order valence-corrected chi connectivity index (χ2v) is 19.4. The molecule has 0 aliphatic carbocycles. The third-order valence-corrected chi connectivity index (χ3v) is 13.0. The van der Waals surface area contributed by atoms with Crippen molar-refractivity contribution >= 4 is 11.9 Å². The summed E-state index contributed by atoms with van der Waals surface area (Å²) < 4.78 is 5.93. The fraction of sp³-hybridized carbons (Fsp3) is 0.862. The molecular weight excluding hydrogens is 791 g/mol. The molecular formula is C58H109NO5. The second kappa shape index (κ2) is 52.1. The van der Waals surface area contributed by atoms with Crippen molar-refractivity contribution in [1.29, 1.82) is 0 Å². The summed E-state index contributed by atoms with van der Waals surface area (Å²) in [5.41, 5.74) is 0. The maximum absolute atomic E-state index is 13.2. The molecule has 0 aromatic heterocycles. The van der Waals surface area contributed by atoms with Crippen LogP contribution in [0.25, 0.3) is 0 Å². The number of amides is 1. The predicted octanol–water partition coefficient (Wildman–Crippen LogP) is 17.2. The third-order valence-electron chi connectivity index (χ3n) is 13.0. The molecule has 0 aromatic carbocycles. The summed E-state index contributed by atoms with van der Waals surface area (Å²) in [6, 6.07) is -0.714. The van der Waals surface area contributed by atoms with Crippen LogP contribution in [0.5, 0.6) is 0 Å². The first-order valence-corrected chi connectivity index (χ1v) is 28.2. The summed E-state index contributed by atoms with van der Waals surface area (Å²) in [6.07, 6.45) is 62.2. The van der Waals surface area contributed by atoms with E-state index in [1.807, 2.05) is 0 Å².